The first kappa shape index (κ1) is 18.5. The second-order valence-electron chi connectivity index (χ2n) is 7.84. The Labute approximate surface area is 156 Å². The summed E-state index contributed by atoms with van der Waals surface area (Å²) in [6, 6.07) is 17.1. The minimum atomic E-state index is 0.164. The van der Waals surface area contributed by atoms with E-state index in [0.29, 0.717) is 0 Å². The van der Waals surface area contributed by atoms with Gasteiger partial charge in [0.1, 0.15) is 5.75 Å². The monoisotopic (exact) mass is 350 g/mol. The molecule has 0 atom stereocenters. The molecule has 0 bridgehead atoms. The summed E-state index contributed by atoms with van der Waals surface area (Å²) in [5.41, 5.74) is 4.03. The summed E-state index contributed by atoms with van der Waals surface area (Å²) in [6.07, 6.45) is 5.02. The highest BCUT2D eigenvalue weighted by molar-refractivity contribution is 5.82. The summed E-state index contributed by atoms with van der Waals surface area (Å²) in [5, 5.41) is 4.82. The van der Waals surface area contributed by atoms with Gasteiger partial charge in [-0.15, -0.1) is 0 Å². The molecule has 26 heavy (non-hydrogen) atoms. The van der Waals surface area contributed by atoms with Gasteiger partial charge < -0.3 is 15.0 Å². The number of nitrogens with one attached hydrogen (secondary N) is 2. The summed E-state index contributed by atoms with van der Waals surface area (Å²) in [6.45, 7) is 8.28. The molecule has 3 heteroatoms. The molecule has 0 unspecified atom stereocenters. The molecule has 3 rings (SSSR count). The minimum Gasteiger partial charge on any atom is -0.493 e. The second-order valence-corrected chi connectivity index (χ2v) is 7.84. The molecule has 1 heterocycles. The average Bonchev–Trinajstić information content (AvgIpc) is 3.09. The summed E-state index contributed by atoms with van der Waals surface area (Å²) >= 11 is 0. The number of hydrogen-bond donors (Lipinski definition) is 2. The van der Waals surface area contributed by atoms with Crippen molar-refractivity contribution in [3.63, 3.8) is 0 Å². The standard InChI is InChI=1S/C23H30N2O/c1-23(2,3)25-15-7-17-26-22-11-5-4-8-19(22)13-12-18-9-6-10-21-20(18)14-16-24-21/h4-6,8-11,14,16,24-25H,7,12-13,15,17H2,1-3H3. The fraction of sp³-hybridized carbons (Fsp3) is 0.391. The first-order valence-corrected chi connectivity index (χ1v) is 9.54. The van der Waals surface area contributed by atoms with Crippen LogP contribution in [0.5, 0.6) is 5.75 Å². The maximum absolute atomic E-state index is 6.07. The fourth-order valence-corrected chi connectivity index (χ4v) is 3.21. The van der Waals surface area contributed by atoms with Gasteiger partial charge >= 0.3 is 0 Å². The van der Waals surface area contributed by atoms with Gasteiger partial charge in [-0.2, -0.15) is 0 Å². The molecular weight excluding hydrogens is 320 g/mol. The van der Waals surface area contributed by atoms with Gasteiger partial charge in [-0.25, -0.2) is 0 Å². The smallest absolute Gasteiger partial charge is 0.122 e. The Kier molecular flexibility index (Phi) is 6.00. The Balaban J connectivity index is 1.56. The number of benzene rings is 2. The highest BCUT2D eigenvalue weighted by Crippen LogP contribution is 2.23. The highest BCUT2D eigenvalue weighted by Gasteiger charge is 2.08. The van der Waals surface area contributed by atoms with Crippen molar-refractivity contribution in [3.05, 3.63) is 65.9 Å². The number of ether oxygens (including phenoxy) is 1. The SMILES string of the molecule is CC(C)(C)NCCCOc1ccccc1CCc1cccc2[nH]ccc12. The Morgan fingerprint density at radius 2 is 1.69 bits per heavy atom. The first-order chi connectivity index (χ1) is 12.5. The van der Waals surface area contributed by atoms with E-state index < -0.39 is 0 Å². The molecule has 0 spiro atoms. The van der Waals surface area contributed by atoms with Gasteiger partial charge in [-0.05, 0) is 75.9 Å². The Morgan fingerprint density at radius 3 is 2.54 bits per heavy atom. The maximum atomic E-state index is 6.07. The molecule has 3 aromatic rings. The number of aromatic nitrogens is 1. The molecule has 2 N–H and O–H groups in total. The zero-order valence-corrected chi connectivity index (χ0v) is 16.1. The molecule has 0 radical (unpaired) electrons. The summed E-state index contributed by atoms with van der Waals surface area (Å²) in [4.78, 5) is 3.29. The third-order valence-corrected chi connectivity index (χ3v) is 4.56. The van der Waals surface area contributed by atoms with Gasteiger partial charge in [0.15, 0.2) is 0 Å². The van der Waals surface area contributed by atoms with E-state index in [4.69, 9.17) is 4.74 Å². The highest BCUT2D eigenvalue weighted by atomic mass is 16.5. The van der Waals surface area contributed by atoms with Crippen LogP contribution in [0.25, 0.3) is 10.9 Å². The predicted molar refractivity (Wildman–Crippen MR) is 110 cm³/mol. The van der Waals surface area contributed by atoms with Crippen molar-refractivity contribution in [1.82, 2.24) is 10.3 Å². The summed E-state index contributed by atoms with van der Waals surface area (Å²) < 4.78 is 6.07. The molecule has 0 aliphatic carbocycles. The number of para-hydroxylation sites is 1. The van der Waals surface area contributed by atoms with Crippen molar-refractivity contribution in [3.8, 4) is 5.75 Å². The van der Waals surface area contributed by atoms with E-state index in [1.165, 1.54) is 22.0 Å². The lowest BCUT2D eigenvalue weighted by Crippen LogP contribution is -2.36. The maximum Gasteiger partial charge on any atom is 0.122 e. The van der Waals surface area contributed by atoms with Crippen molar-refractivity contribution < 1.29 is 4.74 Å². The van der Waals surface area contributed by atoms with E-state index in [9.17, 15) is 0 Å². The second kappa shape index (κ2) is 8.41. The number of aromatic amines is 1. The molecule has 0 aliphatic heterocycles. The molecule has 2 aromatic carbocycles. The van der Waals surface area contributed by atoms with Crippen LogP contribution in [-0.2, 0) is 12.8 Å². The van der Waals surface area contributed by atoms with Gasteiger partial charge in [0, 0.05) is 22.6 Å². The van der Waals surface area contributed by atoms with Gasteiger partial charge in [0.25, 0.3) is 0 Å². The van der Waals surface area contributed by atoms with Crippen LogP contribution in [0.4, 0.5) is 0 Å². The number of aryl methyl sites for hydroxylation is 2. The molecule has 3 nitrogen and oxygen atoms in total. The lowest BCUT2D eigenvalue weighted by Gasteiger charge is -2.20. The quantitative estimate of drug-likeness (QED) is 0.554. The number of rotatable bonds is 8. The molecule has 0 amide bonds. The zero-order valence-electron chi connectivity index (χ0n) is 16.1. The van der Waals surface area contributed by atoms with Crippen LogP contribution in [0.3, 0.4) is 0 Å². The first-order valence-electron chi connectivity index (χ1n) is 9.54. The Morgan fingerprint density at radius 1 is 0.923 bits per heavy atom. The van der Waals surface area contributed by atoms with Crippen LogP contribution < -0.4 is 10.1 Å². The van der Waals surface area contributed by atoms with Gasteiger partial charge in [-0.3, -0.25) is 0 Å². The summed E-state index contributed by atoms with van der Waals surface area (Å²) in [7, 11) is 0. The van der Waals surface area contributed by atoms with Crippen LogP contribution in [0.1, 0.15) is 38.3 Å². The Bertz CT molecular complexity index is 829. The lowest BCUT2D eigenvalue weighted by molar-refractivity contribution is 0.295. The van der Waals surface area contributed by atoms with Crippen molar-refractivity contribution in [2.75, 3.05) is 13.2 Å². The van der Waals surface area contributed by atoms with E-state index in [1.807, 2.05) is 6.20 Å². The molecule has 0 aliphatic rings. The van der Waals surface area contributed by atoms with Gasteiger partial charge in [0.05, 0.1) is 6.61 Å². The van der Waals surface area contributed by atoms with E-state index in [0.717, 1.165) is 38.2 Å². The number of fused-ring (bicyclic) bond motifs is 1. The van der Waals surface area contributed by atoms with Crippen LogP contribution >= 0.6 is 0 Å². The third-order valence-electron chi connectivity index (χ3n) is 4.56. The van der Waals surface area contributed by atoms with Crippen LogP contribution in [0.15, 0.2) is 54.7 Å². The fourth-order valence-electron chi connectivity index (χ4n) is 3.21. The van der Waals surface area contributed by atoms with E-state index in [1.54, 1.807) is 0 Å². The van der Waals surface area contributed by atoms with Crippen LogP contribution in [0.2, 0.25) is 0 Å². The molecule has 138 valence electrons. The van der Waals surface area contributed by atoms with Crippen molar-refractivity contribution in [2.24, 2.45) is 0 Å². The van der Waals surface area contributed by atoms with Gasteiger partial charge in [-0.1, -0.05) is 30.3 Å². The molecule has 0 fully saturated rings. The third kappa shape index (κ3) is 5.12. The lowest BCUT2D eigenvalue weighted by atomic mass is 10.0. The number of H-pyrrole nitrogens is 1. The largest absolute Gasteiger partial charge is 0.493 e. The number of hydrogen-bond acceptors (Lipinski definition) is 2. The molecule has 0 saturated heterocycles. The van der Waals surface area contributed by atoms with Crippen molar-refractivity contribution >= 4 is 10.9 Å². The van der Waals surface area contributed by atoms with E-state index in [-0.39, 0.29) is 5.54 Å². The normalized spacial score (nSPS) is 11.8. The molecule has 1 aromatic heterocycles. The van der Waals surface area contributed by atoms with Crippen molar-refractivity contribution in [2.45, 2.75) is 45.6 Å². The van der Waals surface area contributed by atoms with Crippen LogP contribution in [0, 0.1) is 0 Å². The minimum absolute atomic E-state index is 0.164. The van der Waals surface area contributed by atoms with Crippen molar-refractivity contribution in [1.29, 1.82) is 0 Å². The summed E-state index contributed by atoms with van der Waals surface area (Å²) in [5.74, 6) is 1.02. The molecule has 0 saturated carbocycles. The Hall–Kier alpha value is -2.26. The van der Waals surface area contributed by atoms with Gasteiger partial charge in [0.2, 0.25) is 0 Å². The zero-order chi connectivity index (χ0) is 18.4. The topological polar surface area (TPSA) is 37.0 Å². The van der Waals surface area contributed by atoms with E-state index >= 15 is 0 Å². The predicted octanol–water partition coefficient (Wildman–Crippen LogP) is 5.11. The van der Waals surface area contributed by atoms with Crippen LogP contribution in [-0.4, -0.2) is 23.7 Å². The van der Waals surface area contributed by atoms with E-state index in [2.05, 4.69) is 79.6 Å². The molecular formula is C23H30N2O. The average molecular weight is 351 g/mol.